The van der Waals surface area contributed by atoms with Crippen LogP contribution in [-0.4, -0.2) is 50.3 Å². The molecule has 9 heteroatoms. The lowest BCUT2D eigenvalue weighted by Crippen LogP contribution is -2.50. The maximum atomic E-state index is 9.52. The van der Waals surface area contributed by atoms with E-state index in [1.165, 1.54) is 0 Å². The molecule has 4 N–H and O–H groups in total. The van der Waals surface area contributed by atoms with Gasteiger partial charge in [0, 0.05) is 34.8 Å². The molecule has 0 atom stereocenters. The Morgan fingerprint density at radius 2 is 2.00 bits per heavy atom. The highest BCUT2D eigenvalue weighted by Gasteiger charge is 2.25. The number of fused-ring (bicyclic) bond motifs is 1. The van der Waals surface area contributed by atoms with E-state index in [0.717, 1.165) is 16.5 Å². The summed E-state index contributed by atoms with van der Waals surface area (Å²) in [6.45, 7) is 2.01. The van der Waals surface area contributed by atoms with Crippen molar-refractivity contribution in [1.29, 1.82) is 0 Å². The number of hydrogen-bond acceptors (Lipinski definition) is 7. The van der Waals surface area contributed by atoms with E-state index in [4.69, 9.17) is 26.6 Å². The number of aromatic nitrogens is 3. The number of nitrogens with two attached hydrogens (primary N) is 1. The number of rotatable bonds is 8. The summed E-state index contributed by atoms with van der Waals surface area (Å²) in [5.41, 5.74) is 7.30. The second-order valence-corrected chi connectivity index (χ2v) is 7.77. The topological polar surface area (TPSA) is 120 Å². The highest BCUT2D eigenvalue weighted by atomic mass is 35.5. The van der Waals surface area contributed by atoms with Gasteiger partial charge in [-0.2, -0.15) is 4.98 Å². The lowest BCUT2D eigenvalue weighted by molar-refractivity contribution is 0.109. The molecule has 31 heavy (non-hydrogen) atoms. The number of aliphatic hydroxyl groups excluding tert-OH is 2. The van der Waals surface area contributed by atoms with Gasteiger partial charge in [0.25, 0.3) is 5.89 Å². The van der Waals surface area contributed by atoms with Crippen molar-refractivity contribution in [1.82, 2.24) is 14.7 Å². The van der Waals surface area contributed by atoms with Gasteiger partial charge in [0.05, 0.1) is 30.4 Å². The van der Waals surface area contributed by atoms with Crippen molar-refractivity contribution in [3.05, 3.63) is 53.7 Å². The fourth-order valence-corrected chi connectivity index (χ4v) is 3.64. The summed E-state index contributed by atoms with van der Waals surface area (Å²) >= 11 is 6.28. The summed E-state index contributed by atoms with van der Waals surface area (Å²) in [7, 11) is 0. The van der Waals surface area contributed by atoms with E-state index in [1.807, 2.05) is 48.0 Å². The first-order valence-corrected chi connectivity index (χ1v) is 10.2. The third-order valence-electron chi connectivity index (χ3n) is 5.07. The van der Waals surface area contributed by atoms with Crippen LogP contribution in [-0.2, 0) is 6.54 Å². The van der Waals surface area contributed by atoms with E-state index < -0.39 is 5.54 Å². The number of hydrogen-bond donors (Lipinski definition) is 3. The average Bonchev–Trinajstić information content (AvgIpc) is 3.43. The maximum Gasteiger partial charge on any atom is 0.258 e. The van der Waals surface area contributed by atoms with Crippen molar-refractivity contribution in [2.75, 3.05) is 19.8 Å². The summed E-state index contributed by atoms with van der Waals surface area (Å²) in [6.07, 6.45) is 1.86. The zero-order chi connectivity index (χ0) is 22.0. The van der Waals surface area contributed by atoms with Crippen LogP contribution in [0.5, 0.6) is 5.75 Å². The van der Waals surface area contributed by atoms with E-state index in [0.29, 0.717) is 34.7 Å². The van der Waals surface area contributed by atoms with E-state index >= 15 is 0 Å². The van der Waals surface area contributed by atoms with Crippen LogP contribution in [0.4, 0.5) is 0 Å². The molecule has 0 amide bonds. The number of aliphatic hydroxyl groups is 2. The molecule has 0 radical (unpaired) electrons. The van der Waals surface area contributed by atoms with Crippen molar-refractivity contribution >= 4 is 22.5 Å². The molecule has 0 aliphatic heterocycles. The number of benzene rings is 2. The van der Waals surface area contributed by atoms with Crippen LogP contribution in [0.2, 0.25) is 5.02 Å². The molecule has 0 unspecified atom stereocenters. The van der Waals surface area contributed by atoms with Gasteiger partial charge in [0.15, 0.2) is 0 Å². The molecule has 0 fully saturated rings. The quantitative estimate of drug-likeness (QED) is 0.383. The Morgan fingerprint density at radius 3 is 2.71 bits per heavy atom. The van der Waals surface area contributed by atoms with Crippen LogP contribution >= 0.6 is 11.6 Å². The molecule has 4 rings (SSSR count). The SMILES string of the molecule is CCOc1ccc(-c2nc(-c3cccc4c3ccn4CC(N)(CO)CO)no2)cc1Cl. The average molecular weight is 443 g/mol. The van der Waals surface area contributed by atoms with E-state index in [9.17, 15) is 10.2 Å². The van der Waals surface area contributed by atoms with Crippen LogP contribution < -0.4 is 10.5 Å². The minimum atomic E-state index is -1.12. The molecule has 0 bridgehead atoms. The van der Waals surface area contributed by atoms with E-state index in [-0.39, 0.29) is 19.8 Å². The summed E-state index contributed by atoms with van der Waals surface area (Å²) in [4.78, 5) is 4.54. The van der Waals surface area contributed by atoms with Gasteiger partial charge in [-0.1, -0.05) is 28.9 Å². The standard InChI is InChI=1S/C22H23ClN4O4/c1-2-30-19-7-6-14(10-17(19)23)21-25-20(26-31-21)16-4-3-5-18-15(16)8-9-27(18)11-22(24,12-28)13-29/h3-10,28-29H,2,11-13,24H2,1H3. The predicted molar refractivity (Wildman–Crippen MR) is 118 cm³/mol. The largest absolute Gasteiger partial charge is 0.492 e. The van der Waals surface area contributed by atoms with Gasteiger partial charge in [-0.15, -0.1) is 0 Å². The number of halogens is 1. The Morgan fingerprint density at radius 1 is 1.19 bits per heavy atom. The van der Waals surface area contributed by atoms with Crippen LogP contribution in [0.15, 0.2) is 53.2 Å². The van der Waals surface area contributed by atoms with Crippen LogP contribution in [0, 0.1) is 0 Å². The third kappa shape index (κ3) is 4.15. The first-order chi connectivity index (χ1) is 15.0. The van der Waals surface area contributed by atoms with Crippen molar-refractivity contribution in [3.63, 3.8) is 0 Å². The lowest BCUT2D eigenvalue weighted by atomic mass is 10.0. The number of nitrogens with zero attached hydrogens (tertiary/aromatic N) is 3. The monoisotopic (exact) mass is 442 g/mol. The molecular weight excluding hydrogens is 420 g/mol. The molecule has 0 saturated carbocycles. The number of ether oxygens (including phenoxy) is 1. The van der Waals surface area contributed by atoms with Gasteiger partial charge < -0.3 is 29.8 Å². The molecule has 0 spiro atoms. The van der Waals surface area contributed by atoms with Crippen molar-refractivity contribution in [2.24, 2.45) is 5.73 Å². The molecular formula is C22H23ClN4O4. The summed E-state index contributed by atoms with van der Waals surface area (Å²) < 4.78 is 12.8. The highest BCUT2D eigenvalue weighted by molar-refractivity contribution is 6.32. The van der Waals surface area contributed by atoms with Crippen molar-refractivity contribution < 1.29 is 19.5 Å². The van der Waals surface area contributed by atoms with Gasteiger partial charge >= 0.3 is 0 Å². The molecule has 162 valence electrons. The van der Waals surface area contributed by atoms with Gasteiger partial charge in [0.2, 0.25) is 5.82 Å². The Kier molecular flexibility index (Phi) is 5.97. The van der Waals surface area contributed by atoms with E-state index in [1.54, 1.807) is 12.1 Å². The summed E-state index contributed by atoms with van der Waals surface area (Å²) in [6, 6.07) is 13.0. The van der Waals surface area contributed by atoms with Gasteiger partial charge in [0.1, 0.15) is 5.75 Å². The normalized spacial score (nSPS) is 11.9. The summed E-state index contributed by atoms with van der Waals surface area (Å²) in [5.74, 6) is 1.38. The molecule has 4 aromatic rings. The molecule has 2 aromatic carbocycles. The fourth-order valence-electron chi connectivity index (χ4n) is 3.40. The zero-order valence-corrected chi connectivity index (χ0v) is 17.7. The minimum absolute atomic E-state index is 0.259. The van der Waals surface area contributed by atoms with Crippen molar-refractivity contribution in [3.8, 4) is 28.6 Å². The minimum Gasteiger partial charge on any atom is -0.492 e. The molecule has 0 saturated heterocycles. The molecule has 0 aliphatic rings. The molecule has 2 aromatic heterocycles. The second kappa shape index (κ2) is 8.68. The van der Waals surface area contributed by atoms with Crippen LogP contribution in [0.1, 0.15) is 6.92 Å². The Balaban J connectivity index is 1.68. The smallest absolute Gasteiger partial charge is 0.258 e. The molecule has 2 heterocycles. The fraction of sp³-hybridized carbons (Fsp3) is 0.273. The van der Waals surface area contributed by atoms with Crippen LogP contribution in [0.3, 0.4) is 0 Å². The van der Waals surface area contributed by atoms with Gasteiger partial charge in [-0.05, 0) is 37.3 Å². The predicted octanol–water partition coefficient (Wildman–Crippen LogP) is 3.09. The maximum absolute atomic E-state index is 9.52. The first-order valence-electron chi connectivity index (χ1n) is 9.83. The van der Waals surface area contributed by atoms with E-state index in [2.05, 4.69) is 10.1 Å². The van der Waals surface area contributed by atoms with Gasteiger partial charge in [-0.3, -0.25) is 0 Å². The van der Waals surface area contributed by atoms with Gasteiger partial charge in [-0.25, -0.2) is 0 Å². The first kappa shape index (κ1) is 21.3. The van der Waals surface area contributed by atoms with Crippen LogP contribution in [0.25, 0.3) is 33.7 Å². The molecule has 8 nitrogen and oxygen atoms in total. The Labute approximate surface area is 183 Å². The molecule has 0 aliphatic carbocycles. The highest BCUT2D eigenvalue weighted by Crippen LogP contribution is 2.32. The zero-order valence-electron chi connectivity index (χ0n) is 17.0. The van der Waals surface area contributed by atoms with Crippen molar-refractivity contribution in [2.45, 2.75) is 19.0 Å². The second-order valence-electron chi connectivity index (χ2n) is 7.36. The third-order valence-corrected chi connectivity index (χ3v) is 5.37. The lowest BCUT2D eigenvalue weighted by Gasteiger charge is -2.25. The Bertz CT molecular complexity index is 1200. The Hall–Kier alpha value is -2.91. The summed E-state index contributed by atoms with van der Waals surface area (Å²) in [5, 5.41) is 24.5.